The largest absolute Gasteiger partial charge is 0.352 e. The van der Waals surface area contributed by atoms with Crippen LogP contribution in [0.2, 0.25) is 5.02 Å². The molecule has 0 radical (unpaired) electrons. The molecular weight excluding hydrogens is 553 g/mol. The van der Waals surface area contributed by atoms with Crippen LogP contribution in [0.5, 0.6) is 0 Å². The number of nitrogens with one attached hydrogen (secondary N) is 1. The van der Waals surface area contributed by atoms with E-state index in [1.165, 1.54) is 35.2 Å². The Morgan fingerprint density at radius 3 is 2.23 bits per heavy atom. The summed E-state index contributed by atoms with van der Waals surface area (Å²) in [4.78, 5) is 29.0. The van der Waals surface area contributed by atoms with E-state index in [1.807, 2.05) is 44.2 Å². The normalized spacial score (nSPS) is 12.8. The predicted octanol–water partition coefficient (Wildman–Crippen LogP) is 5.11. The minimum Gasteiger partial charge on any atom is -0.352 e. The van der Waals surface area contributed by atoms with Crippen LogP contribution < -0.4 is 9.62 Å². The predicted molar refractivity (Wildman–Crippen MR) is 157 cm³/mol. The summed E-state index contributed by atoms with van der Waals surface area (Å²) in [5.41, 5.74) is 2.41. The van der Waals surface area contributed by atoms with Crippen LogP contribution in [-0.2, 0) is 32.6 Å². The first kappa shape index (κ1) is 31.1. The molecule has 0 aliphatic carbocycles. The molecule has 214 valence electrons. The third kappa shape index (κ3) is 8.53. The maximum absolute atomic E-state index is 14.0. The number of nitrogens with zero attached hydrogens (tertiary/aromatic N) is 2. The first-order valence-electron chi connectivity index (χ1n) is 13.0. The smallest absolute Gasteiger partial charge is 0.244 e. The molecule has 2 atom stereocenters. The third-order valence-electron chi connectivity index (χ3n) is 6.66. The first-order valence-corrected chi connectivity index (χ1v) is 15.2. The molecule has 0 aliphatic heterocycles. The summed E-state index contributed by atoms with van der Waals surface area (Å²) >= 11 is 6.27. The summed E-state index contributed by atoms with van der Waals surface area (Å²) in [5.74, 6) is -1.39. The number of aryl methyl sites for hydroxylation is 1. The van der Waals surface area contributed by atoms with Crippen molar-refractivity contribution < 1.29 is 22.4 Å². The Kier molecular flexibility index (Phi) is 10.7. The van der Waals surface area contributed by atoms with Gasteiger partial charge < -0.3 is 10.2 Å². The number of rotatable bonds is 12. The molecule has 3 aromatic rings. The topological polar surface area (TPSA) is 86.8 Å². The lowest BCUT2D eigenvalue weighted by atomic mass is 10.0. The summed E-state index contributed by atoms with van der Waals surface area (Å²) in [5, 5.41) is 3.32. The number of carbonyl (C=O) groups excluding carboxylic acids is 2. The van der Waals surface area contributed by atoms with Gasteiger partial charge in [0.2, 0.25) is 21.8 Å². The highest BCUT2D eigenvalue weighted by Gasteiger charge is 2.33. The van der Waals surface area contributed by atoms with E-state index in [9.17, 15) is 22.4 Å². The van der Waals surface area contributed by atoms with Gasteiger partial charge in [0.25, 0.3) is 0 Å². The number of carbonyl (C=O) groups is 2. The lowest BCUT2D eigenvalue weighted by Crippen LogP contribution is -2.54. The van der Waals surface area contributed by atoms with Crippen molar-refractivity contribution in [3.8, 4) is 0 Å². The Balaban J connectivity index is 2.06. The van der Waals surface area contributed by atoms with Crippen LogP contribution in [0.1, 0.15) is 37.0 Å². The van der Waals surface area contributed by atoms with Crippen molar-refractivity contribution in [2.75, 3.05) is 17.1 Å². The van der Waals surface area contributed by atoms with Crippen LogP contribution in [0.25, 0.3) is 0 Å². The fourth-order valence-electron chi connectivity index (χ4n) is 4.13. The van der Waals surface area contributed by atoms with Gasteiger partial charge in [0.15, 0.2) is 0 Å². The maximum atomic E-state index is 14.0. The van der Waals surface area contributed by atoms with Crippen molar-refractivity contribution in [1.82, 2.24) is 10.2 Å². The zero-order valence-corrected chi connectivity index (χ0v) is 24.7. The fourth-order valence-corrected chi connectivity index (χ4v) is 5.15. The van der Waals surface area contributed by atoms with Crippen molar-refractivity contribution in [1.29, 1.82) is 0 Å². The molecule has 0 fully saturated rings. The van der Waals surface area contributed by atoms with E-state index in [2.05, 4.69) is 5.32 Å². The van der Waals surface area contributed by atoms with Gasteiger partial charge in [-0.25, -0.2) is 12.8 Å². The standard InChI is InChI=1S/C30H35ClFN3O4S/c1-5-22(3)33-30(37)28(17-23-9-7-6-8-10-23)34(19-24-12-14-25(32)15-13-24)29(36)20-35(40(4,38)39)26-16-11-21(2)27(31)18-26/h6-16,18,22,28H,5,17,19-20H2,1-4H3,(H,33,37)/t22-,28-/m0/s1. The second-order valence-electron chi connectivity index (χ2n) is 9.87. The zero-order valence-electron chi connectivity index (χ0n) is 23.1. The van der Waals surface area contributed by atoms with Crippen molar-refractivity contribution in [2.24, 2.45) is 0 Å². The molecule has 3 rings (SSSR count). The number of halogens is 2. The Morgan fingerprint density at radius 1 is 1.00 bits per heavy atom. The molecule has 10 heteroatoms. The van der Waals surface area contributed by atoms with Crippen LogP contribution in [0, 0.1) is 12.7 Å². The van der Waals surface area contributed by atoms with Crippen molar-refractivity contribution >= 4 is 39.1 Å². The lowest BCUT2D eigenvalue weighted by molar-refractivity contribution is -0.140. The van der Waals surface area contributed by atoms with E-state index in [1.54, 1.807) is 19.1 Å². The number of hydrogen-bond acceptors (Lipinski definition) is 4. The van der Waals surface area contributed by atoms with Gasteiger partial charge in [-0.2, -0.15) is 0 Å². The van der Waals surface area contributed by atoms with Crippen molar-refractivity contribution in [3.05, 3.63) is 100 Å². The third-order valence-corrected chi connectivity index (χ3v) is 8.21. The average Bonchev–Trinajstić information content (AvgIpc) is 2.91. The van der Waals surface area contributed by atoms with Gasteiger partial charge in [-0.15, -0.1) is 0 Å². The van der Waals surface area contributed by atoms with Gasteiger partial charge in [-0.3, -0.25) is 13.9 Å². The monoisotopic (exact) mass is 587 g/mol. The molecule has 0 saturated carbocycles. The van der Waals surface area contributed by atoms with E-state index < -0.39 is 34.3 Å². The minimum absolute atomic E-state index is 0.0310. The lowest BCUT2D eigenvalue weighted by Gasteiger charge is -2.34. The molecule has 0 aromatic heterocycles. The van der Waals surface area contributed by atoms with E-state index in [0.717, 1.165) is 21.7 Å². The summed E-state index contributed by atoms with van der Waals surface area (Å²) in [6.07, 6.45) is 1.90. The van der Waals surface area contributed by atoms with Gasteiger partial charge in [0, 0.05) is 24.0 Å². The molecule has 0 bridgehead atoms. The van der Waals surface area contributed by atoms with Crippen LogP contribution >= 0.6 is 11.6 Å². The molecule has 0 heterocycles. The quantitative estimate of drug-likeness (QED) is 0.319. The molecular formula is C30H35ClFN3O4S. The molecule has 0 unspecified atom stereocenters. The van der Waals surface area contributed by atoms with Gasteiger partial charge in [0.1, 0.15) is 18.4 Å². The molecule has 3 aromatic carbocycles. The van der Waals surface area contributed by atoms with Gasteiger partial charge in [0.05, 0.1) is 11.9 Å². The average molecular weight is 588 g/mol. The number of hydrogen-bond donors (Lipinski definition) is 1. The molecule has 1 N–H and O–H groups in total. The number of anilines is 1. The highest BCUT2D eigenvalue weighted by Crippen LogP contribution is 2.26. The Morgan fingerprint density at radius 2 is 1.65 bits per heavy atom. The minimum atomic E-state index is -3.91. The van der Waals surface area contributed by atoms with Crippen molar-refractivity contribution in [2.45, 2.75) is 52.2 Å². The molecule has 2 amide bonds. The second kappa shape index (κ2) is 13.8. The maximum Gasteiger partial charge on any atom is 0.244 e. The number of benzene rings is 3. The molecule has 0 saturated heterocycles. The van der Waals surface area contributed by atoms with E-state index in [4.69, 9.17) is 11.6 Å². The molecule has 0 aliphatic rings. The van der Waals surface area contributed by atoms with E-state index in [-0.39, 0.29) is 30.6 Å². The second-order valence-corrected chi connectivity index (χ2v) is 12.2. The summed E-state index contributed by atoms with van der Waals surface area (Å²) in [7, 11) is -3.91. The highest BCUT2D eigenvalue weighted by molar-refractivity contribution is 7.92. The summed E-state index contributed by atoms with van der Waals surface area (Å²) in [6, 6.07) is 18.5. The molecule has 40 heavy (non-hydrogen) atoms. The Bertz CT molecular complexity index is 1420. The van der Waals surface area contributed by atoms with Crippen LogP contribution in [0.15, 0.2) is 72.8 Å². The summed E-state index contributed by atoms with van der Waals surface area (Å²) in [6.45, 7) is 5.01. The van der Waals surface area contributed by atoms with E-state index >= 15 is 0 Å². The highest BCUT2D eigenvalue weighted by atomic mass is 35.5. The van der Waals surface area contributed by atoms with Gasteiger partial charge in [-0.05, 0) is 61.2 Å². The number of sulfonamides is 1. The zero-order chi connectivity index (χ0) is 29.4. The van der Waals surface area contributed by atoms with Gasteiger partial charge in [-0.1, -0.05) is 67.1 Å². The number of amides is 2. The van der Waals surface area contributed by atoms with E-state index in [0.29, 0.717) is 17.0 Å². The van der Waals surface area contributed by atoms with Crippen molar-refractivity contribution in [3.63, 3.8) is 0 Å². The van der Waals surface area contributed by atoms with Crippen LogP contribution in [0.4, 0.5) is 10.1 Å². The first-order chi connectivity index (χ1) is 18.9. The van der Waals surface area contributed by atoms with Crippen LogP contribution in [-0.4, -0.2) is 50.0 Å². The van der Waals surface area contributed by atoms with Crippen LogP contribution in [0.3, 0.4) is 0 Å². The fraction of sp³-hybridized carbons (Fsp3) is 0.333. The SMILES string of the molecule is CC[C@H](C)NC(=O)[C@H](Cc1ccccc1)N(Cc1ccc(F)cc1)C(=O)CN(c1ccc(C)c(Cl)c1)S(C)(=O)=O. The molecule has 0 spiro atoms. The molecule has 7 nitrogen and oxygen atoms in total. The Hall–Kier alpha value is -3.43. The Labute approximate surface area is 241 Å². The van der Waals surface area contributed by atoms with Gasteiger partial charge >= 0.3 is 0 Å². The summed E-state index contributed by atoms with van der Waals surface area (Å²) < 4.78 is 40.3.